The zero-order valence-corrected chi connectivity index (χ0v) is 13.0. The first-order valence-corrected chi connectivity index (χ1v) is 8.36. The zero-order chi connectivity index (χ0) is 16.0. The minimum Gasteiger partial charge on any atom is -0.493 e. The summed E-state index contributed by atoms with van der Waals surface area (Å²) in [4.78, 5) is 25.9. The predicted molar refractivity (Wildman–Crippen MR) is 83.3 cm³/mol. The van der Waals surface area contributed by atoms with Gasteiger partial charge in [0.05, 0.1) is 12.5 Å². The predicted octanol–water partition coefficient (Wildman–Crippen LogP) is 2.05. The SMILES string of the molecule is O=C(O)C1CCCN(C(=O)[C@@H]2C[C@]23CCOc2ccccc23)C1. The van der Waals surface area contributed by atoms with Crippen molar-refractivity contribution in [1.82, 2.24) is 4.90 Å². The van der Waals surface area contributed by atoms with E-state index in [0.29, 0.717) is 26.1 Å². The van der Waals surface area contributed by atoms with Gasteiger partial charge in [-0.15, -0.1) is 0 Å². The van der Waals surface area contributed by atoms with E-state index in [1.54, 1.807) is 4.90 Å². The number of hydrogen-bond acceptors (Lipinski definition) is 3. The van der Waals surface area contributed by atoms with Crippen molar-refractivity contribution in [3.63, 3.8) is 0 Å². The van der Waals surface area contributed by atoms with Gasteiger partial charge in [0.1, 0.15) is 5.75 Å². The summed E-state index contributed by atoms with van der Waals surface area (Å²) in [7, 11) is 0. The van der Waals surface area contributed by atoms with Crippen molar-refractivity contribution < 1.29 is 19.4 Å². The van der Waals surface area contributed by atoms with Gasteiger partial charge in [0, 0.05) is 30.0 Å². The van der Waals surface area contributed by atoms with Crippen LogP contribution in [0.3, 0.4) is 0 Å². The number of carboxylic acid groups (broad SMARTS) is 1. The zero-order valence-electron chi connectivity index (χ0n) is 13.0. The summed E-state index contributed by atoms with van der Waals surface area (Å²) in [6.45, 7) is 1.70. The van der Waals surface area contributed by atoms with Crippen molar-refractivity contribution in [2.45, 2.75) is 31.1 Å². The van der Waals surface area contributed by atoms with E-state index >= 15 is 0 Å². The Hall–Kier alpha value is -2.04. The monoisotopic (exact) mass is 315 g/mol. The maximum Gasteiger partial charge on any atom is 0.308 e. The van der Waals surface area contributed by atoms with Crippen LogP contribution in [-0.4, -0.2) is 41.6 Å². The molecule has 1 aliphatic carbocycles. The molecule has 2 aliphatic heterocycles. The number of likely N-dealkylation sites (tertiary alicyclic amines) is 1. The van der Waals surface area contributed by atoms with Gasteiger partial charge in [-0.05, 0) is 31.7 Å². The van der Waals surface area contributed by atoms with Crippen LogP contribution in [0.15, 0.2) is 24.3 Å². The van der Waals surface area contributed by atoms with Crippen molar-refractivity contribution in [1.29, 1.82) is 0 Å². The third-order valence-electron chi connectivity index (χ3n) is 5.68. The van der Waals surface area contributed by atoms with E-state index in [1.165, 1.54) is 0 Å². The molecule has 5 nitrogen and oxygen atoms in total. The molecule has 1 N–H and O–H groups in total. The Morgan fingerprint density at radius 1 is 1.30 bits per heavy atom. The highest BCUT2D eigenvalue weighted by atomic mass is 16.5. The molecule has 2 heterocycles. The maximum absolute atomic E-state index is 12.9. The standard InChI is InChI=1S/C18H21NO4/c20-16(19-8-3-4-12(11-19)17(21)22)14-10-18(14)7-9-23-15-6-2-1-5-13(15)18/h1-2,5-6,12,14H,3-4,7-11H2,(H,21,22)/t12?,14-,18-/m0/s1. The molecule has 1 spiro atoms. The van der Waals surface area contributed by atoms with Crippen LogP contribution in [0.5, 0.6) is 5.75 Å². The molecular weight excluding hydrogens is 294 g/mol. The summed E-state index contributed by atoms with van der Waals surface area (Å²) in [6.07, 6.45) is 3.19. The van der Waals surface area contributed by atoms with E-state index in [0.717, 1.165) is 30.6 Å². The number of carboxylic acids is 1. The number of amides is 1. The Kier molecular flexibility index (Phi) is 3.32. The lowest BCUT2D eigenvalue weighted by Crippen LogP contribution is -2.44. The molecule has 0 radical (unpaired) electrons. The van der Waals surface area contributed by atoms with E-state index in [-0.39, 0.29) is 17.2 Å². The summed E-state index contributed by atoms with van der Waals surface area (Å²) in [5, 5.41) is 9.21. The lowest BCUT2D eigenvalue weighted by atomic mass is 9.87. The number of carbonyl (C=O) groups excluding carboxylic acids is 1. The quantitative estimate of drug-likeness (QED) is 0.907. The number of nitrogens with zero attached hydrogens (tertiary/aromatic N) is 1. The largest absolute Gasteiger partial charge is 0.493 e. The number of benzene rings is 1. The molecule has 3 aliphatic rings. The smallest absolute Gasteiger partial charge is 0.308 e. The van der Waals surface area contributed by atoms with Gasteiger partial charge >= 0.3 is 5.97 Å². The van der Waals surface area contributed by atoms with E-state index in [2.05, 4.69) is 6.07 Å². The average Bonchev–Trinajstić information content (AvgIpc) is 3.29. The molecule has 1 amide bonds. The lowest BCUT2D eigenvalue weighted by Gasteiger charge is -2.32. The van der Waals surface area contributed by atoms with Crippen molar-refractivity contribution in [3.05, 3.63) is 29.8 Å². The molecule has 1 unspecified atom stereocenters. The lowest BCUT2D eigenvalue weighted by molar-refractivity contribution is -0.146. The van der Waals surface area contributed by atoms with Crippen LogP contribution in [0.25, 0.3) is 0 Å². The Balaban J connectivity index is 1.53. The minimum atomic E-state index is -0.788. The second-order valence-corrected chi connectivity index (χ2v) is 6.97. The Bertz CT molecular complexity index is 658. The van der Waals surface area contributed by atoms with Crippen LogP contribution < -0.4 is 4.74 Å². The van der Waals surface area contributed by atoms with Gasteiger partial charge in [-0.2, -0.15) is 0 Å². The fourth-order valence-electron chi connectivity index (χ4n) is 4.28. The fourth-order valence-corrected chi connectivity index (χ4v) is 4.28. The second kappa shape index (κ2) is 5.25. The third-order valence-corrected chi connectivity index (χ3v) is 5.68. The first kappa shape index (κ1) is 14.5. The van der Waals surface area contributed by atoms with Crippen molar-refractivity contribution >= 4 is 11.9 Å². The molecule has 1 aromatic carbocycles. The van der Waals surface area contributed by atoms with E-state index < -0.39 is 11.9 Å². The van der Waals surface area contributed by atoms with E-state index in [9.17, 15) is 14.7 Å². The summed E-state index contributed by atoms with van der Waals surface area (Å²) in [5.74, 6) is -0.183. The van der Waals surface area contributed by atoms with Gasteiger partial charge in [-0.3, -0.25) is 9.59 Å². The average molecular weight is 315 g/mol. The summed E-state index contributed by atoms with van der Waals surface area (Å²) in [6, 6.07) is 7.99. The van der Waals surface area contributed by atoms with Gasteiger partial charge in [0.15, 0.2) is 0 Å². The van der Waals surface area contributed by atoms with Gasteiger partial charge < -0.3 is 14.7 Å². The van der Waals surface area contributed by atoms with Crippen LogP contribution in [0.2, 0.25) is 0 Å². The normalized spacial score (nSPS) is 32.1. The first-order chi connectivity index (χ1) is 11.1. The van der Waals surface area contributed by atoms with Crippen LogP contribution in [0, 0.1) is 11.8 Å². The molecule has 1 saturated heterocycles. The molecule has 0 aromatic heterocycles. The van der Waals surface area contributed by atoms with Crippen LogP contribution in [-0.2, 0) is 15.0 Å². The number of fused-ring (bicyclic) bond motifs is 2. The number of piperidine rings is 1. The summed E-state index contributed by atoms with van der Waals surface area (Å²) >= 11 is 0. The van der Waals surface area contributed by atoms with Gasteiger partial charge in [0.2, 0.25) is 5.91 Å². The fraction of sp³-hybridized carbons (Fsp3) is 0.556. The van der Waals surface area contributed by atoms with Gasteiger partial charge in [-0.1, -0.05) is 18.2 Å². The third kappa shape index (κ3) is 2.30. The Morgan fingerprint density at radius 2 is 2.13 bits per heavy atom. The topological polar surface area (TPSA) is 66.8 Å². The van der Waals surface area contributed by atoms with E-state index in [1.807, 2.05) is 18.2 Å². The van der Waals surface area contributed by atoms with Crippen molar-refractivity contribution in [3.8, 4) is 5.75 Å². The Morgan fingerprint density at radius 3 is 2.96 bits per heavy atom. The van der Waals surface area contributed by atoms with Gasteiger partial charge in [0.25, 0.3) is 0 Å². The minimum absolute atomic E-state index is 0.0138. The molecule has 122 valence electrons. The number of aliphatic carboxylic acids is 1. The van der Waals surface area contributed by atoms with Crippen LogP contribution in [0.4, 0.5) is 0 Å². The maximum atomic E-state index is 12.9. The molecule has 0 bridgehead atoms. The van der Waals surface area contributed by atoms with Gasteiger partial charge in [-0.25, -0.2) is 0 Å². The van der Waals surface area contributed by atoms with Crippen LogP contribution in [0.1, 0.15) is 31.2 Å². The second-order valence-electron chi connectivity index (χ2n) is 6.97. The number of para-hydroxylation sites is 1. The first-order valence-electron chi connectivity index (χ1n) is 8.36. The van der Waals surface area contributed by atoms with Crippen LogP contribution >= 0.6 is 0 Å². The molecule has 4 rings (SSSR count). The highest BCUT2D eigenvalue weighted by molar-refractivity contribution is 5.85. The molecule has 5 heteroatoms. The molecule has 23 heavy (non-hydrogen) atoms. The highest BCUT2D eigenvalue weighted by Crippen LogP contribution is 2.61. The molecule has 3 atom stereocenters. The Labute approximate surface area is 135 Å². The number of ether oxygens (including phenoxy) is 1. The number of carbonyl (C=O) groups is 2. The summed E-state index contributed by atoms with van der Waals surface area (Å²) < 4.78 is 5.72. The van der Waals surface area contributed by atoms with E-state index in [4.69, 9.17) is 4.74 Å². The molecule has 1 aromatic rings. The molecule has 1 saturated carbocycles. The number of rotatable bonds is 2. The molecular formula is C18H21NO4. The number of hydrogen-bond donors (Lipinski definition) is 1. The highest BCUT2D eigenvalue weighted by Gasteiger charge is 2.61. The molecule has 2 fully saturated rings. The summed E-state index contributed by atoms with van der Waals surface area (Å²) in [5.41, 5.74) is 1.07. The van der Waals surface area contributed by atoms with Crippen molar-refractivity contribution in [2.24, 2.45) is 11.8 Å². The van der Waals surface area contributed by atoms with Crippen molar-refractivity contribution in [2.75, 3.05) is 19.7 Å².